The summed E-state index contributed by atoms with van der Waals surface area (Å²) in [7, 11) is 1.58. The fraction of sp³-hybridized carbons (Fsp3) is 0.440. The maximum absolute atomic E-state index is 14.1. The molecular formula is C25H32ClFN2O3S. The number of methoxy groups -OCH3 is 1. The predicted molar refractivity (Wildman–Crippen MR) is 133 cm³/mol. The van der Waals surface area contributed by atoms with Crippen molar-refractivity contribution in [1.29, 1.82) is 0 Å². The van der Waals surface area contributed by atoms with Gasteiger partial charge < -0.3 is 15.0 Å². The number of amides is 2. The summed E-state index contributed by atoms with van der Waals surface area (Å²) in [6, 6.07) is 11.4. The second-order valence-electron chi connectivity index (χ2n) is 7.81. The van der Waals surface area contributed by atoms with E-state index in [-0.39, 0.29) is 35.9 Å². The Bertz CT molecular complexity index is 923. The van der Waals surface area contributed by atoms with E-state index in [0.717, 1.165) is 12.0 Å². The molecule has 0 aliphatic heterocycles. The highest BCUT2D eigenvalue weighted by Gasteiger charge is 2.29. The van der Waals surface area contributed by atoms with E-state index in [1.165, 1.54) is 17.8 Å². The predicted octanol–water partition coefficient (Wildman–Crippen LogP) is 5.44. The molecule has 0 aromatic heterocycles. The van der Waals surface area contributed by atoms with Crippen molar-refractivity contribution in [2.75, 3.05) is 12.9 Å². The van der Waals surface area contributed by atoms with Crippen LogP contribution in [-0.2, 0) is 21.9 Å². The van der Waals surface area contributed by atoms with Crippen molar-refractivity contribution in [1.82, 2.24) is 10.2 Å². The lowest BCUT2D eigenvalue weighted by Gasteiger charge is -2.31. The second kappa shape index (κ2) is 13.5. The Hall–Kier alpha value is -2.25. The Balaban J connectivity index is 2.20. The van der Waals surface area contributed by atoms with Gasteiger partial charge in [0.2, 0.25) is 11.8 Å². The topological polar surface area (TPSA) is 58.6 Å². The fourth-order valence-corrected chi connectivity index (χ4v) is 4.57. The third-order valence-corrected chi connectivity index (χ3v) is 6.71. The molecule has 2 aromatic carbocycles. The first-order valence-electron chi connectivity index (χ1n) is 11.0. The third kappa shape index (κ3) is 7.93. The first-order chi connectivity index (χ1) is 15.8. The smallest absolute Gasteiger partial charge is 0.243 e. The van der Waals surface area contributed by atoms with Crippen LogP contribution in [0.3, 0.4) is 0 Å². The van der Waals surface area contributed by atoms with Gasteiger partial charge in [0.25, 0.3) is 0 Å². The van der Waals surface area contributed by atoms with Crippen LogP contribution >= 0.6 is 23.4 Å². The zero-order chi connectivity index (χ0) is 24.4. The molecule has 0 radical (unpaired) electrons. The van der Waals surface area contributed by atoms with Crippen LogP contribution in [0.25, 0.3) is 0 Å². The van der Waals surface area contributed by atoms with Crippen LogP contribution in [0.5, 0.6) is 5.75 Å². The highest BCUT2D eigenvalue weighted by Crippen LogP contribution is 2.25. The highest BCUT2D eigenvalue weighted by molar-refractivity contribution is 7.99. The summed E-state index contributed by atoms with van der Waals surface area (Å²) in [5, 5.41) is 3.33. The molecule has 0 bridgehead atoms. The van der Waals surface area contributed by atoms with Gasteiger partial charge in [-0.25, -0.2) is 4.39 Å². The van der Waals surface area contributed by atoms with E-state index < -0.39 is 11.9 Å². The highest BCUT2D eigenvalue weighted by atomic mass is 35.5. The molecule has 8 heteroatoms. The summed E-state index contributed by atoms with van der Waals surface area (Å²) in [5.74, 6) is 0.282. The number of rotatable bonds is 12. The SMILES string of the molecule is CC[C@@H](C)NC(=O)[C@@H](CC)N(Cc1cccc(OC)c1)C(=O)CSCc1c(F)cccc1Cl. The molecule has 5 nitrogen and oxygen atoms in total. The van der Waals surface area contributed by atoms with Crippen molar-refractivity contribution < 1.29 is 18.7 Å². The normalized spacial score (nSPS) is 12.7. The Morgan fingerprint density at radius 3 is 2.55 bits per heavy atom. The van der Waals surface area contributed by atoms with Gasteiger partial charge in [0, 0.05) is 28.9 Å². The summed E-state index contributed by atoms with van der Waals surface area (Å²) in [4.78, 5) is 27.9. The number of benzene rings is 2. The first-order valence-corrected chi connectivity index (χ1v) is 12.6. The minimum absolute atomic E-state index is 0.0119. The van der Waals surface area contributed by atoms with Gasteiger partial charge in [-0.15, -0.1) is 11.8 Å². The van der Waals surface area contributed by atoms with Gasteiger partial charge in [0.1, 0.15) is 17.6 Å². The zero-order valence-corrected chi connectivity index (χ0v) is 21.1. The molecule has 0 spiro atoms. The minimum atomic E-state index is -0.615. The van der Waals surface area contributed by atoms with Crippen molar-refractivity contribution in [2.45, 2.75) is 58.0 Å². The Morgan fingerprint density at radius 2 is 1.91 bits per heavy atom. The number of halogens is 2. The average Bonchev–Trinajstić information content (AvgIpc) is 2.80. The van der Waals surface area contributed by atoms with Crippen LogP contribution in [0.4, 0.5) is 4.39 Å². The van der Waals surface area contributed by atoms with Crippen LogP contribution in [0.15, 0.2) is 42.5 Å². The monoisotopic (exact) mass is 494 g/mol. The average molecular weight is 495 g/mol. The zero-order valence-electron chi connectivity index (χ0n) is 19.6. The number of carbonyl (C=O) groups is 2. The summed E-state index contributed by atoms with van der Waals surface area (Å²) in [5.41, 5.74) is 1.23. The van der Waals surface area contributed by atoms with Crippen molar-refractivity contribution >= 4 is 35.2 Å². The van der Waals surface area contributed by atoms with Gasteiger partial charge >= 0.3 is 0 Å². The summed E-state index contributed by atoms with van der Waals surface area (Å²) >= 11 is 7.38. The number of nitrogens with zero attached hydrogens (tertiary/aromatic N) is 1. The van der Waals surface area contributed by atoms with Gasteiger partial charge in [-0.2, -0.15) is 0 Å². The molecule has 0 saturated carbocycles. The third-order valence-electron chi connectivity index (χ3n) is 5.41. The number of nitrogens with one attached hydrogen (secondary N) is 1. The van der Waals surface area contributed by atoms with Crippen molar-refractivity contribution in [3.8, 4) is 5.75 Å². The maximum Gasteiger partial charge on any atom is 0.243 e. The molecule has 2 amide bonds. The Kier molecular flexibility index (Phi) is 11.0. The van der Waals surface area contributed by atoms with E-state index in [0.29, 0.717) is 22.8 Å². The van der Waals surface area contributed by atoms with Crippen molar-refractivity contribution in [2.24, 2.45) is 0 Å². The Labute approximate surface area is 205 Å². The minimum Gasteiger partial charge on any atom is -0.497 e. The summed E-state index contributed by atoms with van der Waals surface area (Å²) < 4.78 is 19.4. The molecule has 2 atom stereocenters. The number of hydrogen-bond donors (Lipinski definition) is 1. The number of ether oxygens (including phenoxy) is 1. The summed E-state index contributed by atoms with van der Waals surface area (Å²) in [6.45, 7) is 6.09. The van der Waals surface area contributed by atoms with Gasteiger partial charge in [-0.1, -0.05) is 43.6 Å². The molecule has 2 rings (SSSR count). The molecule has 1 N–H and O–H groups in total. The maximum atomic E-state index is 14.1. The first kappa shape index (κ1) is 27.0. The lowest BCUT2D eigenvalue weighted by atomic mass is 10.1. The van der Waals surface area contributed by atoms with Gasteiger partial charge in [-0.05, 0) is 49.6 Å². The van der Waals surface area contributed by atoms with Crippen LogP contribution in [0.2, 0.25) is 5.02 Å². The molecule has 0 unspecified atom stereocenters. The number of carbonyl (C=O) groups excluding carboxylic acids is 2. The van der Waals surface area contributed by atoms with Gasteiger partial charge in [0.05, 0.1) is 12.9 Å². The molecule has 0 saturated heterocycles. The quantitative estimate of drug-likeness (QED) is 0.426. The molecule has 0 aliphatic carbocycles. The van der Waals surface area contributed by atoms with E-state index in [4.69, 9.17) is 16.3 Å². The Morgan fingerprint density at radius 1 is 1.18 bits per heavy atom. The van der Waals surface area contributed by atoms with E-state index in [9.17, 15) is 14.0 Å². The standard InChI is InChI=1S/C25H32ClFN2O3S/c1-5-17(3)28-25(31)23(6-2)29(14-18-9-7-10-19(13-18)32-4)24(30)16-33-15-20-21(26)11-8-12-22(20)27/h7-13,17,23H,5-6,14-16H2,1-4H3,(H,28,31)/t17-,23-/m1/s1. The molecule has 0 aliphatic rings. The number of thioether (sulfide) groups is 1. The van der Waals surface area contributed by atoms with Crippen LogP contribution in [-0.4, -0.2) is 41.7 Å². The molecule has 2 aromatic rings. The second-order valence-corrected chi connectivity index (χ2v) is 9.20. The van der Waals surface area contributed by atoms with Crippen LogP contribution in [0.1, 0.15) is 44.7 Å². The molecule has 33 heavy (non-hydrogen) atoms. The molecule has 0 fully saturated rings. The lowest BCUT2D eigenvalue weighted by Crippen LogP contribution is -2.51. The summed E-state index contributed by atoms with van der Waals surface area (Å²) in [6.07, 6.45) is 1.27. The van der Waals surface area contributed by atoms with E-state index in [1.54, 1.807) is 24.1 Å². The van der Waals surface area contributed by atoms with E-state index >= 15 is 0 Å². The van der Waals surface area contributed by atoms with Crippen molar-refractivity contribution in [3.05, 3.63) is 64.4 Å². The molecular weight excluding hydrogens is 463 g/mol. The van der Waals surface area contributed by atoms with Crippen molar-refractivity contribution in [3.63, 3.8) is 0 Å². The van der Waals surface area contributed by atoms with Gasteiger partial charge in [-0.3, -0.25) is 9.59 Å². The van der Waals surface area contributed by atoms with Crippen LogP contribution < -0.4 is 10.1 Å². The van der Waals surface area contributed by atoms with E-state index in [2.05, 4.69) is 5.32 Å². The van der Waals surface area contributed by atoms with E-state index in [1.807, 2.05) is 45.0 Å². The fourth-order valence-electron chi connectivity index (χ4n) is 3.32. The van der Waals surface area contributed by atoms with Gasteiger partial charge in [0.15, 0.2) is 0 Å². The largest absolute Gasteiger partial charge is 0.497 e. The molecule has 0 heterocycles. The molecule has 180 valence electrons. The number of hydrogen-bond acceptors (Lipinski definition) is 4. The lowest BCUT2D eigenvalue weighted by molar-refractivity contribution is -0.139. The van der Waals surface area contributed by atoms with Crippen LogP contribution in [0, 0.1) is 5.82 Å².